The number of carbonyl (C=O) groups is 1. The van der Waals surface area contributed by atoms with Crippen LogP contribution in [0.25, 0.3) is 0 Å². The SMILES string of the molecule is CCN(C)CCNC(=O)CC(CCN)C(F)(F)F. The molecular weight excluding hydrogens is 247 g/mol. The van der Waals surface area contributed by atoms with Gasteiger partial charge in [-0.05, 0) is 26.6 Å². The highest BCUT2D eigenvalue weighted by Crippen LogP contribution is 2.30. The fourth-order valence-electron chi connectivity index (χ4n) is 1.42. The lowest BCUT2D eigenvalue weighted by Gasteiger charge is -2.19. The molecule has 0 aliphatic rings. The number of carbonyl (C=O) groups excluding carboxylic acids is 1. The summed E-state index contributed by atoms with van der Waals surface area (Å²) in [6.45, 7) is 3.69. The van der Waals surface area contributed by atoms with E-state index in [1.807, 2.05) is 18.9 Å². The van der Waals surface area contributed by atoms with E-state index in [2.05, 4.69) is 5.32 Å². The highest BCUT2D eigenvalue weighted by Gasteiger charge is 2.39. The summed E-state index contributed by atoms with van der Waals surface area (Å²) in [5, 5.41) is 2.49. The van der Waals surface area contributed by atoms with Crippen molar-refractivity contribution in [1.29, 1.82) is 0 Å². The minimum atomic E-state index is -4.36. The van der Waals surface area contributed by atoms with E-state index in [0.29, 0.717) is 13.1 Å². The Balaban J connectivity index is 4.03. The molecule has 18 heavy (non-hydrogen) atoms. The second-order valence-electron chi connectivity index (χ2n) is 4.27. The van der Waals surface area contributed by atoms with Crippen molar-refractivity contribution >= 4 is 5.91 Å². The zero-order valence-corrected chi connectivity index (χ0v) is 10.9. The Morgan fingerprint density at radius 1 is 1.44 bits per heavy atom. The molecule has 0 saturated heterocycles. The third kappa shape index (κ3) is 7.50. The van der Waals surface area contributed by atoms with Crippen LogP contribution in [-0.2, 0) is 4.79 Å². The molecule has 4 nitrogen and oxygen atoms in total. The average molecular weight is 269 g/mol. The maximum absolute atomic E-state index is 12.5. The molecule has 108 valence electrons. The molecule has 1 amide bonds. The Labute approximate surface area is 106 Å². The number of nitrogens with two attached hydrogens (primary N) is 1. The van der Waals surface area contributed by atoms with E-state index >= 15 is 0 Å². The van der Waals surface area contributed by atoms with Crippen molar-refractivity contribution < 1.29 is 18.0 Å². The fourth-order valence-corrected chi connectivity index (χ4v) is 1.42. The number of hydrogen-bond acceptors (Lipinski definition) is 3. The molecule has 0 aromatic rings. The van der Waals surface area contributed by atoms with Crippen LogP contribution < -0.4 is 11.1 Å². The van der Waals surface area contributed by atoms with E-state index in [1.54, 1.807) is 0 Å². The maximum atomic E-state index is 12.5. The van der Waals surface area contributed by atoms with Crippen molar-refractivity contribution in [1.82, 2.24) is 10.2 Å². The number of alkyl halides is 3. The molecule has 0 aliphatic carbocycles. The van der Waals surface area contributed by atoms with Crippen molar-refractivity contribution in [2.45, 2.75) is 25.9 Å². The van der Waals surface area contributed by atoms with E-state index in [-0.39, 0.29) is 13.0 Å². The van der Waals surface area contributed by atoms with E-state index in [0.717, 1.165) is 6.54 Å². The molecule has 0 saturated carbocycles. The van der Waals surface area contributed by atoms with Crippen molar-refractivity contribution in [3.8, 4) is 0 Å². The summed E-state index contributed by atoms with van der Waals surface area (Å²) in [4.78, 5) is 13.3. The van der Waals surface area contributed by atoms with Gasteiger partial charge in [0.1, 0.15) is 0 Å². The van der Waals surface area contributed by atoms with Crippen LogP contribution in [0.1, 0.15) is 19.8 Å². The number of halogens is 3. The van der Waals surface area contributed by atoms with Crippen LogP contribution in [0.15, 0.2) is 0 Å². The molecule has 0 aliphatic heterocycles. The quantitative estimate of drug-likeness (QED) is 0.690. The molecule has 0 spiro atoms. The molecule has 0 bridgehead atoms. The Kier molecular flexibility index (Phi) is 7.93. The lowest BCUT2D eigenvalue weighted by atomic mass is 10.0. The molecule has 0 fully saturated rings. The largest absolute Gasteiger partial charge is 0.392 e. The van der Waals surface area contributed by atoms with E-state index in [9.17, 15) is 18.0 Å². The summed E-state index contributed by atoms with van der Waals surface area (Å²) < 4.78 is 37.6. The highest BCUT2D eigenvalue weighted by molar-refractivity contribution is 5.76. The maximum Gasteiger partial charge on any atom is 0.392 e. The fraction of sp³-hybridized carbons (Fsp3) is 0.909. The monoisotopic (exact) mass is 269 g/mol. The first-order valence-corrected chi connectivity index (χ1v) is 6.03. The van der Waals surface area contributed by atoms with Gasteiger partial charge in [-0.2, -0.15) is 13.2 Å². The van der Waals surface area contributed by atoms with Crippen LogP contribution in [0.3, 0.4) is 0 Å². The standard InChI is InChI=1S/C11H22F3N3O/c1-3-17(2)7-6-16-10(18)8-9(4-5-15)11(12,13)14/h9H,3-8,15H2,1-2H3,(H,16,18). The van der Waals surface area contributed by atoms with E-state index in [1.165, 1.54) is 0 Å². The normalized spacial score (nSPS) is 13.7. The molecule has 1 unspecified atom stereocenters. The summed E-state index contributed by atoms with van der Waals surface area (Å²) in [6, 6.07) is 0. The summed E-state index contributed by atoms with van der Waals surface area (Å²) in [7, 11) is 1.87. The first-order chi connectivity index (χ1) is 8.31. The number of nitrogens with one attached hydrogen (secondary N) is 1. The summed E-state index contributed by atoms with van der Waals surface area (Å²) in [5.41, 5.74) is 5.12. The predicted molar refractivity (Wildman–Crippen MR) is 64.0 cm³/mol. The number of likely N-dealkylation sites (N-methyl/N-ethyl adjacent to an activating group) is 1. The molecular formula is C11H22F3N3O. The smallest absolute Gasteiger partial charge is 0.355 e. The van der Waals surface area contributed by atoms with Gasteiger partial charge in [-0.25, -0.2) is 0 Å². The first-order valence-electron chi connectivity index (χ1n) is 6.03. The van der Waals surface area contributed by atoms with Gasteiger partial charge in [0.05, 0.1) is 5.92 Å². The van der Waals surface area contributed by atoms with Crippen LogP contribution in [0, 0.1) is 5.92 Å². The highest BCUT2D eigenvalue weighted by atomic mass is 19.4. The summed E-state index contributed by atoms with van der Waals surface area (Å²) >= 11 is 0. The Morgan fingerprint density at radius 2 is 2.06 bits per heavy atom. The van der Waals surface area contributed by atoms with Gasteiger partial charge < -0.3 is 16.0 Å². The van der Waals surface area contributed by atoms with Gasteiger partial charge in [0, 0.05) is 19.5 Å². The van der Waals surface area contributed by atoms with Gasteiger partial charge in [-0.3, -0.25) is 4.79 Å². The summed E-state index contributed by atoms with van der Waals surface area (Å²) in [5.74, 6) is -2.22. The topological polar surface area (TPSA) is 58.4 Å². The molecule has 0 heterocycles. The Morgan fingerprint density at radius 3 is 2.50 bits per heavy atom. The summed E-state index contributed by atoms with van der Waals surface area (Å²) in [6.07, 6.45) is -5.13. The van der Waals surface area contributed by atoms with Crippen molar-refractivity contribution in [3.05, 3.63) is 0 Å². The average Bonchev–Trinajstić information content (AvgIpc) is 2.27. The molecule has 7 heteroatoms. The molecule has 0 aromatic heterocycles. The Hall–Kier alpha value is -0.820. The number of rotatable bonds is 8. The minimum absolute atomic E-state index is 0.0734. The van der Waals surface area contributed by atoms with Crippen molar-refractivity contribution in [3.63, 3.8) is 0 Å². The number of nitrogens with zero attached hydrogens (tertiary/aromatic N) is 1. The molecule has 0 rings (SSSR count). The molecule has 0 aromatic carbocycles. The van der Waals surface area contributed by atoms with Crippen LogP contribution in [0.5, 0.6) is 0 Å². The van der Waals surface area contributed by atoms with Gasteiger partial charge in [-0.15, -0.1) is 0 Å². The van der Waals surface area contributed by atoms with Crippen LogP contribution in [-0.4, -0.2) is 50.2 Å². The van der Waals surface area contributed by atoms with Gasteiger partial charge in [0.2, 0.25) is 5.91 Å². The molecule has 3 N–H and O–H groups in total. The zero-order valence-electron chi connectivity index (χ0n) is 10.9. The minimum Gasteiger partial charge on any atom is -0.355 e. The predicted octanol–water partition coefficient (Wildman–Crippen LogP) is 0.972. The van der Waals surface area contributed by atoms with Gasteiger partial charge in [0.25, 0.3) is 0 Å². The third-order valence-electron chi connectivity index (χ3n) is 2.77. The van der Waals surface area contributed by atoms with Gasteiger partial charge in [0.15, 0.2) is 0 Å². The van der Waals surface area contributed by atoms with Gasteiger partial charge >= 0.3 is 6.18 Å². The second kappa shape index (κ2) is 8.31. The molecule has 0 radical (unpaired) electrons. The zero-order chi connectivity index (χ0) is 14.2. The van der Waals surface area contributed by atoms with Gasteiger partial charge in [-0.1, -0.05) is 6.92 Å². The van der Waals surface area contributed by atoms with Crippen molar-refractivity contribution in [2.75, 3.05) is 33.2 Å². The van der Waals surface area contributed by atoms with Crippen LogP contribution >= 0.6 is 0 Å². The lowest BCUT2D eigenvalue weighted by molar-refractivity contribution is -0.180. The first kappa shape index (κ1) is 17.2. The van der Waals surface area contributed by atoms with E-state index < -0.39 is 24.4 Å². The van der Waals surface area contributed by atoms with Crippen LogP contribution in [0.2, 0.25) is 0 Å². The number of hydrogen-bond donors (Lipinski definition) is 2. The molecule has 1 atom stereocenters. The van der Waals surface area contributed by atoms with E-state index in [4.69, 9.17) is 5.73 Å². The lowest BCUT2D eigenvalue weighted by Crippen LogP contribution is -2.36. The number of amides is 1. The Bertz CT molecular complexity index is 246. The van der Waals surface area contributed by atoms with Crippen molar-refractivity contribution in [2.24, 2.45) is 11.7 Å². The van der Waals surface area contributed by atoms with Crippen LogP contribution in [0.4, 0.5) is 13.2 Å². The second-order valence-corrected chi connectivity index (χ2v) is 4.27. The third-order valence-corrected chi connectivity index (χ3v) is 2.77.